The summed E-state index contributed by atoms with van der Waals surface area (Å²) in [5, 5.41) is 3.38. The maximum atomic E-state index is 12.2. The molecule has 150 valence electrons. The lowest BCUT2D eigenvalue weighted by Gasteiger charge is -2.34. The van der Waals surface area contributed by atoms with Crippen LogP contribution in [0, 0.1) is 5.92 Å². The van der Waals surface area contributed by atoms with E-state index in [-0.39, 0.29) is 17.7 Å². The monoisotopic (exact) mass is 400 g/mol. The number of sulfonamides is 1. The third-order valence-corrected chi connectivity index (χ3v) is 7.19. The molecule has 2 aromatic rings. The van der Waals surface area contributed by atoms with E-state index in [0.29, 0.717) is 19.1 Å². The number of ether oxygens (including phenoxy) is 1. The van der Waals surface area contributed by atoms with Crippen molar-refractivity contribution in [3.05, 3.63) is 65.2 Å². The molecule has 0 radical (unpaired) electrons. The van der Waals surface area contributed by atoms with Crippen LogP contribution in [0.2, 0.25) is 0 Å². The molecule has 2 aromatic carbocycles. The van der Waals surface area contributed by atoms with E-state index in [1.807, 2.05) is 25.2 Å². The number of benzene rings is 2. The number of fused-ring (bicyclic) bond motifs is 1. The van der Waals surface area contributed by atoms with Gasteiger partial charge in [-0.3, -0.25) is 0 Å². The highest BCUT2D eigenvalue weighted by molar-refractivity contribution is 7.89. The molecule has 1 aliphatic heterocycles. The number of rotatable bonds is 8. The number of likely N-dealkylation sites (N-methyl/N-ethyl adjacent to an activating group) is 1. The molecule has 0 aromatic heterocycles. The van der Waals surface area contributed by atoms with Crippen LogP contribution in [0.15, 0.2) is 48.5 Å². The van der Waals surface area contributed by atoms with E-state index < -0.39 is 10.0 Å². The van der Waals surface area contributed by atoms with E-state index in [9.17, 15) is 8.42 Å². The van der Waals surface area contributed by atoms with Gasteiger partial charge in [-0.2, -0.15) is 0 Å². The van der Waals surface area contributed by atoms with Crippen molar-refractivity contribution in [2.75, 3.05) is 19.4 Å². The molecule has 1 fully saturated rings. The van der Waals surface area contributed by atoms with Gasteiger partial charge in [0, 0.05) is 18.5 Å². The van der Waals surface area contributed by atoms with Crippen molar-refractivity contribution in [1.29, 1.82) is 0 Å². The van der Waals surface area contributed by atoms with Gasteiger partial charge in [-0.15, -0.1) is 0 Å². The minimum Gasteiger partial charge on any atom is -0.492 e. The average molecular weight is 401 g/mol. The van der Waals surface area contributed by atoms with E-state index in [1.165, 1.54) is 5.56 Å². The predicted molar refractivity (Wildman–Crippen MR) is 111 cm³/mol. The Balaban J connectivity index is 1.53. The first-order chi connectivity index (χ1) is 13.5. The molecule has 2 atom stereocenters. The van der Waals surface area contributed by atoms with Crippen LogP contribution in [0.4, 0.5) is 0 Å². The third kappa shape index (κ3) is 4.74. The highest BCUT2D eigenvalue weighted by Gasteiger charge is 2.31. The Kier molecular flexibility index (Phi) is 5.71. The summed E-state index contributed by atoms with van der Waals surface area (Å²) in [6.07, 6.45) is 2.98. The van der Waals surface area contributed by atoms with E-state index in [1.54, 1.807) is 0 Å². The molecule has 4 rings (SSSR count). The summed E-state index contributed by atoms with van der Waals surface area (Å²) in [6.45, 7) is 0.957. The summed E-state index contributed by atoms with van der Waals surface area (Å²) in [5.74, 6) is 1.77. The van der Waals surface area contributed by atoms with E-state index in [4.69, 9.17) is 4.74 Å². The molecule has 0 amide bonds. The van der Waals surface area contributed by atoms with E-state index in [2.05, 4.69) is 40.4 Å². The first kappa shape index (κ1) is 19.4. The Morgan fingerprint density at radius 2 is 1.86 bits per heavy atom. The second-order valence-electron chi connectivity index (χ2n) is 7.92. The fraction of sp³-hybridized carbons (Fsp3) is 0.455. The zero-order valence-corrected chi connectivity index (χ0v) is 17.0. The zero-order chi connectivity index (χ0) is 19.6. The van der Waals surface area contributed by atoms with Crippen molar-refractivity contribution in [2.24, 2.45) is 5.92 Å². The summed E-state index contributed by atoms with van der Waals surface area (Å²) in [7, 11) is -1.24. The second-order valence-corrected chi connectivity index (χ2v) is 9.77. The summed E-state index contributed by atoms with van der Waals surface area (Å²) >= 11 is 0. The van der Waals surface area contributed by atoms with Crippen LogP contribution in [0.25, 0.3) is 0 Å². The molecular weight excluding hydrogens is 372 g/mol. The highest BCUT2D eigenvalue weighted by Crippen LogP contribution is 2.37. The van der Waals surface area contributed by atoms with E-state index in [0.717, 1.165) is 36.1 Å². The average Bonchev–Trinajstić information content (AvgIpc) is 3.51. The van der Waals surface area contributed by atoms with Gasteiger partial charge < -0.3 is 10.1 Å². The number of hydrogen-bond acceptors (Lipinski definition) is 4. The Labute approximate surface area is 167 Å². The first-order valence-corrected chi connectivity index (χ1v) is 11.6. The van der Waals surface area contributed by atoms with Gasteiger partial charge in [-0.1, -0.05) is 42.5 Å². The predicted octanol–water partition coefficient (Wildman–Crippen LogP) is 2.82. The van der Waals surface area contributed by atoms with Gasteiger partial charge in [0.2, 0.25) is 10.0 Å². The summed E-state index contributed by atoms with van der Waals surface area (Å²) < 4.78 is 33.1. The van der Waals surface area contributed by atoms with Crippen molar-refractivity contribution in [1.82, 2.24) is 10.0 Å². The molecule has 6 heteroatoms. The van der Waals surface area contributed by atoms with Crippen molar-refractivity contribution in [2.45, 2.75) is 37.8 Å². The van der Waals surface area contributed by atoms with Gasteiger partial charge in [-0.05, 0) is 55.0 Å². The normalized spacial score (nSPS) is 21.8. The Morgan fingerprint density at radius 1 is 1.07 bits per heavy atom. The van der Waals surface area contributed by atoms with Gasteiger partial charge in [0.1, 0.15) is 12.4 Å². The minimum atomic E-state index is -3.21. The Morgan fingerprint density at radius 3 is 2.57 bits per heavy atom. The summed E-state index contributed by atoms with van der Waals surface area (Å²) in [6, 6.07) is 16.7. The van der Waals surface area contributed by atoms with Gasteiger partial charge in [0.05, 0.1) is 5.75 Å². The molecule has 1 aliphatic carbocycles. The number of hydrogen-bond donors (Lipinski definition) is 2. The Hall–Kier alpha value is -1.89. The summed E-state index contributed by atoms with van der Waals surface area (Å²) in [5.41, 5.74) is 3.40. The van der Waals surface area contributed by atoms with Crippen molar-refractivity contribution in [3.8, 4) is 5.75 Å². The van der Waals surface area contributed by atoms with Gasteiger partial charge in [0.15, 0.2) is 0 Å². The maximum absolute atomic E-state index is 12.2. The smallest absolute Gasteiger partial charge is 0.212 e. The molecular formula is C22H28N2O3S. The summed E-state index contributed by atoms with van der Waals surface area (Å²) in [4.78, 5) is 0. The number of nitrogens with one attached hydrogen (secondary N) is 2. The zero-order valence-electron chi connectivity index (χ0n) is 16.2. The fourth-order valence-corrected chi connectivity index (χ4v) is 5.35. The second kappa shape index (κ2) is 8.23. The van der Waals surface area contributed by atoms with Crippen LogP contribution in [0.1, 0.15) is 35.4 Å². The van der Waals surface area contributed by atoms with E-state index >= 15 is 0 Å². The molecule has 2 aliphatic rings. The third-order valence-electron chi connectivity index (χ3n) is 5.70. The van der Waals surface area contributed by atoms with Gasteiger partial charge in [-0.25, -0.2) is 13.1 Å². The molecule has 28 heavy (non-hydrogen) atoms. The largest absolute Gasteiger partial charge is 0.492 e. The molecule has 1 saturated carbocycles. The lowest BCUT2D eigenvalue weighted by Crippen LogP contribution is -2.41. The van der Waals surface area contributed by atoms with Crippen LogP contribution < -0.4 is 14.8 Å². The molecule has 1 unspecified atom stereocenters. The van der Waals surface area contributed by atoms with Gasteiger partial charge >= 0.3 is 0 Å². The lowest BCUT2D eigenvalue weighted by molar-refractivity contribution is 0.218. The van der Waals surface area contributed by atoms with Crippen LogP contribution in [-0.2, 0) is 23.0 Å². The minimum absolute atomic E-state index is 0.217. The van der Waals surface area contributed by atoms with Crippen molar-refractivity contribution < 1.29 is 13.2 Å². The molecule has 2 N–H and O–H groups in total. The van der Waals surface area contributed by atoms with Crippen molar-refractivity contribution in [3.63, 3.8) is 0 Å². The molecule has 0 bridgehead atoms. The lowest BCUT2D eigenvalue weighted by atomic mass is 9.83. The Bertz CT molecular complexity index is 911. The molecule has 5 nitrogen and oxygen atoms in total. The van der Waals surface area contributed by atoms with Crippen LogP contribution in [0.5, 0.6) is 5.75 Å². The van der Waals surface area contributed by atoms with Crippen LogP contribution in [0.3, 0.4) is 0 Å². The molecule has 1 heterocycles. The maximum Gasteiger partial charge on any atom is 0.212 e. The standard InChI is InChI=1S/C22H28N2O3S/c1-23-21-14-27-22-10-9-18(13-24-28(25,26)15-17-7-8-17)12-20(22)19(21)11-16-5-3-2-4-6-16/h2-6,9-10,12,17,19,21,23-24H,7-8,11,13-15H2,1H3/t19?,21-/m1/s1. The van der Waals surface area contributed by atoms with Gasteiger partial charge in [0.25, 0.3) is 0 Å². The molecule has 0 spiro atoms. The highest BCUT2D eigenvalue weighted by atomic mass is 32.2. The first-order valence-electron chi connectivity index (χ1n) is 9.98. The van der Waals surface area contributed by atoms with Crippen LogP contribution in [-0.4, -0.2) is 33.9 Å². The topological polar surface area (TPSA) is 67.4 Å². The van der Waals surface area contributed by atoms with Crippen molar-refractivity contribution >= 4 is 10.0 Å². The fourth-order valence-electron chi connectivity index (χ4n) is 3.89. The quantitative estimate of drug-likeness (QED) is 0.715. The SMILES string of the molecule is CN[C@@H]1COc2ccc(CNS(=O)(=O)CC3CC3)cc2C1Cc1ccccc1. The molecule has 0 saturated heterocycles. The van der Waals surface area contributed by atoms with Crippen LogP contribution >= 0.6 is 0 Å².